The average Bonchev–Trinajstić information content (AvgIpc) is 2.14. The summed E-state index contributed by atoms with van der Waals surface area (Å²) in [7, 11) is -3.49. The fraction of sp³-hybridized carbons (Fsp3) is 0.500. The van der Waals surface area contributed by atoms with E-state index in [0.29, 0.717) is 6.54 Å². The number of aromatic nitrogens is 1. The van der Waals surface area contributed by atoms with Crippen molar-refractivity contribution in [2.45, 2.75) is 25.7 Å². The lowest BCUT2D eigenvalue weighted by atomic mass is 9.98. The molecule has 0 aromatic carbocycles. The van der Waals surface area contributed by atoms with Gasteiger partial charge in [0, 0.05) is 18.8 Å². The van der Waals surface area contributed by atoms with Crippen molar-refractivity contribution in [3.8, 4) is 0 Å². The van der Waals surface area contributed by atoms with Gasteiger partial charge in [-0.05, 0) is 11.5 Å². The first kappa shape index (κ1) is 12.9. The second-order valence-electron chi connectivity index (χ2n) is 4.80. The Bertz CT molecular complexity index is 463. The van der Waals surface area contributed by atoms with Gasteiger partial charge in [0.1, 0.15) is 5.82 Å². The summed E-state index contributed by atoms with van der Waals surface area (Å²) >= 11 is 0. The van der Waals surface area contributed by atoms with E-state index in [-0.39, 0.29) is 16.1 Å². The molecule has 0 aliphatic carbocycles. The third-order valence-electron chi connectivity index (χ3n) is 1.86. The molecular formula is C10H17N3O2S. The Morgan fingerprint density at radius 3 is 2.56 bits per heavy atom. The minimum Gasteiger partial charge on any atom is -0.384 e. The van der Waals surface area contributed by atoms with Crippen molar-refractivity contribution in [3.63, 3.8) is 0 Å². The number of nitrogens with two attached hydrogens (primary N) is 1. The van der Waals surface area contributed by atoms with Gasteiger partial charge in [-0.2, -0.15) is 0 Å². The summed E-state index contributed by atoms with van der Waals surface area (Å²) in [6, 6.07) is 2.76. The lowest BCUT2D eigenvalue weighted by Crippen LogP contribution is -2.32. The van der Waals surface area contributed by atoms with Crippen molar-refractivity contribution >= 4 is 15.8 Å². The SMILES string of the molecule is CC(C)(C)CNS(=O)(=O)c1ccnc(N)c1. The zero-order valence-corrected chi connectivity index (χ0v) is 10.5. The summed E-state index contributed by atoms with van der Waals surface area (Å²) in [5.74, 6) is 0.193. The summed E-state index contributed by atoms with van der Waals surface area (Å²) in [6.45, 7) is 6.24. The van der Waals surface area contributed by atoms with Gasteiger partial charge in [0.15, 0.2) is 0 Å². The number of hydrogen-bond acceptors (Lipinski definition) is 4. The van der Waals surface area contributed by atoms with Crippen LogP contribution in [0.1, 0.15) is 20.8 Å². The zero-order valence-electron chi connectivity index (χ0n) is 9.69. The van der Waals surface area contributed by atoms with Gasteiger partial charge in [-0.25, -0.2) is 18.1 Å². The van der Waals surface area contributed by atoms with Gasteiger partial charge in [-0.1, -0.05) is 20.8 Å². The van der Waals surface area contributed by atoms with E-state index in [1.54, 1.807) is 0 Å². The third-order valence-corrected chi connectivity index (χ3v) is 3.25. The number of rotatable bonds is 3. The average molecular weight is 243 g/mol. The minimum atomic E-state index is -3.49. The van der Waals surface area contributed by atoms with Crippen LogP contribution < -0.4 is 10.5 Å². The largest absolute Gasteiger partial charge is 0.384 e. The topological polar surface area (TPSA) is 85.1 Å². The van der Waals surface area contributed by atoms with E-state index in [0.717, 1.165) is 0 Å². The Hall–Kier alpha value is -1.14. The van der Waals surface area contributed by atoms with Gasteiger partial charge in [0.2, 0.25) is 10.0 Å². The molecule has 1 aromatic heterocycles. The van der Waals surface area contributed by atoms with E-state index in [9.17, 15) is 8.42 Å². The summed E-state index contributed by atoms with van der Waals surface area (Å²) in [4.78, 5) is 3.89. The molecule has 0 amide bonds. The Morgan fingerprint density at radius 2 is 2.06 bits per heavy atom. The molecule has 0 aliphatic heterocycles. The molecule has 5 nitrogen and oxygen atoms in total. The standard InChI is InChI=1S/C10H17N3O2S/c1-10(2,3)7-13-16(14,15)8-4-5-12-9(11)6-8/h4-6,13H,7H2,1-3H3,(H2,11,12). The highest BCUT2D eigenvalue weighted by Gasteiger charge is 2.18. The number of pyridine rings is 1. The third kappa shape index (κ3) is 3.79. The van der Waals surface area contributed by atoms with Crippen LogP contribution in [0, 0.1) is 5.41 Å². The molecule has 1 rings (SSSR count). The number of hydrogen-bond donors (Lipinski definition) is 2. The molecule has 0 fully saturated rings. The fourth-order valence-electron chi connectivity index (χ4n) is 0.990. The van der Waals surface area contributed by atoms with Gasteiger partial charge in [0.05, 0.1) is 4.90 Å². The van der Waals surface area contributed by atoms with E-state index in [4.69, 9.17) is 5.73 Å². The zero-order chi connectivity index (χ0) is 12.4. The molecule has 1 heterocycles. The van der Waals surface area contributed by atoms with E-state index in [1.165, 1.54) is 18.3 Å². The van der Waals surface area contributed by atoms with E-state index < -0.39 is 10.0 Å². The Balaban J connectivity index is 2.87. The second-order valence-corrected chi connectivity index (χ2v) is 6.57. The lowest BCUT2D eigenvalue weighted by molar-refractivity contribution is 0.407. The van der Waals surface area contributed by atoms with Crippen molar-refractivity contribution in [2.24, 2.45) is 5.41 Å². The monoisotopic (exact) mass is 243 g/mol. The van der Waals surface area contributed by atoms with E-state index in [1.807, 2.05) is 20.8 Å². The first-order valence-corrected chi connectivity index (χ1v) is 6.40. The molecule has 0 radical (unpaired) electrons. The molecule has 0 bridgehead atoms. The highest BCUT2D eigenvalue weighted by atomic mass is 32.2. The number of sulfonamides is 1. The van der Waals surface area contributed by atoms with Crippen LogP contribution in [0.2, 0.25) is 0 Å². The molecule has 1 aromatic rings. The van der Waals surface area contributed by atoms with Crippen LogP contribution in [-0.2, 0) is 10.0 Å². The summed E-state index contributed by atoms with van der Waals surface area (Å²) in [5.41, 5.74) is 5.33. The van der Waals surface area contributed by atoms with E-state index in [2.05, 4.69) is 9.71 Å². The summed E-state index contributed by atoms with van der Waals surface area (Å²) in [5, 5.41) is 0. The number of nitrogen functional groups attached to an aromatic ring is 1. The van der Waals surface area contributed by atoms with Crippen LogP contribution in [0.25, 0.3) is 0 Å². The Labute approximate surface area is 96.1 Å². The van der Waals surface area contributed by atoms with Crippen molar-refractivity contribution < 1.29 is 8.42 Å². The lowest BCUT2D eigenvalue weighted by Gasteiger charge is -2.18. The molecule has 0 atom stereocenters. The number of nitrogens with zero attached hydrogens (tertiary/aromatic N) is 1. The summed E-state index contributed by atoms with van der Waals surface area (Å²) in [6.07, 6.45) is 1.38. The Kier molecular flexibility index (Phi) is 3.54. The molecule has 6 heteroatoms. The highest BCUT2D eigenvalue weighted by molar-refractivity contribution is 7.89. The molecule has 0 saturated carbocycles. The normalized spacial score (nSPS) is 12.7. The molecule has 16 heavy (non-hydrogen) atoms. The van der Waals surface area contributed by atoms with Crippen molar-refractivity contribution in [3.05, 3.63) is 18.3 Å². The van der Waals surface area contributed by atoms with Crippen LogP contribution >= 0.6 is 0 Å². The molecule has 3 N–H and O–H groups in total. The van der Waals surface area contributed by atoms with Crippen molar-refractivity contribution in [2.75, 3.05) is 12.3 Å². The molecular weight excluding hydrogens is 226 g/mol. The van der Waals surface area contributed by atoms with Crippen LogP contribution in [0.3, 0.4) is 0 Å². The molecule has 0 unspecified atom stereocenters. The molecule has 0 saturated heterocycles. The highest BCUT2D eigenvalue weighted by Crippen LogP contribution is 2.14. The first-order valence-electron chi connectivity index (χ1n) is 4.92. The number of nitrogens with one attached hydrogen (secondary N) is 1. The quantitative estimate of drug-likeness (QED) is 0.829. The Morgan fingerprint density at radius 1 is 1.44 bits per heavy atom. The van der Waals surface area contributed by atoms with Crippen LogP contribution in [-0.4, -0.2) is 19.9 Å². The van der Waals surface area contributed by atoms with Gasteiger partial charge >= 0.3 is 0 Å². The van der Waals surface area contributed by atoms with Gasteiger partial charge in [-0.3, -0.25) is 0 Å². The van der Waals surface area contributed by atoms with Crippen LogP contribution in [0.5, 0.6) is 0 Å². The first-order chi connectivity index (χ1) is 7.21. The van der Waals surface area contributed by atoms with Gasteiger partial charge < -0.3 is 5.73 Å². The van der Waals surface area contributed by atoms with E-state index >= 15 is 0 Å². The van der Waals surface area contributed by atoms with Crippen molar-refractivity contribution in [1.82, 2.24) is 9.71 Å². The molecule has 0 spiro atoms. The van der Waals surface area contributed by atoms with Gasteiger partial charge in [-0.15, -0.1) is 0 Å². The van der Waals surface area contributed by atoms with Crippen molar-refractivity contribution in [1.29, 1.82) is 0 Å². The van der Waals surface area contributed by atoms with Crippen LogP contribution in [0.4, 0.5) is 5.82 Å². The van der Waals surface area contributed by atoms with Gasteiger partial charge in [0.25, 0.3) is 0 Å². The molecule has 90 valence electrons. The second kappa shape index (κ2) is 4.39. The maximum Gasteiger partial charge on any atom is 0.240 e. The number of anilines is 1. The van der Waals surface area contributed by atoms with Crippen LogP contribution in [0.15, 0.2) is 23.2 Å². The summed E-state index contributed by atoms with van der Waals surface area (Å²) < 4.78 is 26.2. The minimum absolute atomic E-state index is 0.106. The predicted molar refractivity (Wildman–Crippen MR) is 63.3 cm³/mol. The fourth-order valence-corrected chi connectivity index (χ4v) is 2.30. The maximum atomic E-state index is 11.8. The molecule has 0 aliphatic rings. The smallest absolute Gasteiger partial charge is 0.240 e. The maximum absolute atomic E-state index is 11.8. The predicted octanol–water partition coefficient (Wildman–Crippen LogP) is 0.988.